The van der Waals surface area contributed by atoms with Crippen LogP contribution < -0.4 is 9.44 Å². The van der Waals surface area contributed by atoms with Gasteiger partial charge in [0.05, 0.1) is 28.7 Å². The minimum Gasteiger partial charge on any atom is -0.465 e. The van der Waals surface area contributed by atoms with E-state index in [-0.39, 0.29) is 18.5 Å². The third kappa shape index (κ3) is 5.71. The Hall–Kier alpha value is -1.10. The maximum atomic E-state index is 12.1. The SMILES string of the molecule is CNS(=O)(=O)N[C@@H]1CN(C(=O)O)CC(C(C)(C)C)O[C@H]1c1ccc(Cl)c(Cl)c1. The number of nitrogens with one attached hydrogen (secondary N) is 2. The normalized spacial score (nSPS) is 24.1. The summed E-state index contributed by atoms with van der Waals surface area (Å²) in [4.78, 5) is 12.9. The third-order valence-electron chi connectivity index (χ3n) is 4.56. The summed E-state index contributed by atoms with van der Waals surface area (Å²) in [7, 11) is -2.59. The van der Waals surface area contributed by atoms with Crippen molar-refractivity contribution in [2.75, 3.05) is 20.1 Å². The maximum absolute atomic E-state index is 12.1. The largest absolute Gasteiger partial charge is 0.465 e. The number of hydrogen-bond donors (Lipinski definition) is 3. The predicted molar refractivity (Wildman–Crippen MR) is 108 cm³/mol. The molecule has 1 saturated heterocycles. The van der Waals surface area contributed by atoms with Crippen LogP contribution in [0, 0.1) is 5.41 Å². The molecule has 8 nitrogen and oxygen atoms in total. The average molecular weight is 454 g/mol. The van der Waals surface area contributed by atoms with Crippen molar-refractivity contribution in [3.8, 4) is 0 Å². The summed E-state index contributed by atoms with van der Waals surface area (Å²) in [5.41, 5.74) is 0.207. The number of hydrogen-bond acceptors (Lipinski definition) is 4. The van der Waals surface area contributed by atoms with Gasteiger partial charge in [0, 0.05) is 13.6 Å². The van der Waals surface area contributed by atoms with Crippen molar-refractivity contribution in [1.82, 2.24) is 14.3 Å². The lowest BCUT2D eigenvalue weighted by molar-refractivity contribution is -0.0683. The molecule has 1 aromatic rings. The van der Waals surface area contributed by atoms with Gasteiger partial charge in [-0.05, 0) is 23.1 Å². The van der Waals surface area contributed by atoms with Gasteiger partial charge in [-0.2, -0.15) is 13.1 Å². The Kier molecular flexibility index (Phi) is 7.22. The number of carbonyl (C=O) groups is 1. The summed E-state index contributed by atoms with van der Waals surface area (Å²) >= 11 is 12.1. The van der Waals surface area contributed by atoms with Crippen LogP contribution in [-0.4, -0.2) is 56.8 Å². The van der Waals surface area contributed by atoms with Crippen molar-refractivity contribution in [2.24, 2.45) is 5.41 Å². The van der Waals surface area contributed by atoms with Crippen LogP contribution in [0.3, 0.4) is 0 Å². The number of rotatable bonds is 4. The molecule has 0 radical (unpaired) electrons. The topological polar surface area (TPSA) is 108 Å². The Bertz CT molecular complexity index is 829. The number of benzene rings is 1. The van der Waals surface area contributed by atoms with Crippen molar-refractivity contribution in [2.45, 2.75) is 39.0 Å². The van der Waals surface area contributed by atoms with Crippen LogP contribution in [0.2, 0.25) is 10.0 Å². The Morgan fingerprint density at radius 2 is 1.89 bits per heavy atom. The van der Waals surface area contributed by atoms with Gasteiger partial charge in [-0.1, -0.05) is 50.0 Å². The van der Waals surface area contributed by atoms with Crippen molar-refractivity contribution in [3.63, 3.8) is 0 Å². The second-order valence-electron chi connectivity index (χ2n) is 7.70. The molecule has 3 N–H and O–H groups in total. The monoisotopic (exact) mass is 453 g/mol. The van der Waals surface area contributed by atoms with Gasteiger partial charge in [-0.15, -0.1) is 0 Å². The first-order chi connectivity index (χ1) is 12.8. The summed E-state index contributed by atoms with van der Waals surface area (Å²) in [6.45, 7) is 5.81. The molecule has 0 saturated carbocycles. The zero-order valence-electron chi connectivity index (χ0n) is 16.1. The molecule has 28 heavy (non-hydrogen) atoms. The predicted octanol–water partition coefficient (Wildman–Crippen LogP) is 2.88. The van der Waals surface area contributed by atoms with E-state index in [2.05, 4.69) is 9.44 Å². The Labute approximate surface area is 175 Å². The van der Waals surface area contributed by atoms with Crippen LogP contribution >= 0.6 is 23.2 Å². The van der Waals surface area contributed by atoms with Gasteiger partial charge in [0.2, 0.25) is 0 Å². The highest BCUT2D eigenvalue weighted by Gasteiger charge is 2.41. The zero-order chi connectivity index (χ0) is 21.3. The molecule has 1 aliphatic heterocycles. The summed E-state index contributed by atoms with van der Waals surface area (Å²) < 4.78 is 35.2. The lowest BCUT2D eigenvalue weighted by atomic mass is 9.88. The van der Waals surface area contributed by atoms with E-state index in [1.807, 2.05) is 20.8 Å². The van der Waals surface area contributed by atoms with Crippen LogP contribution in [0.5, 0.6) is 0 Å². The first kappa shape index (κ1) is 23.2. The number of amides is 1. The van der Waals surface area contributed by atoms with Crippen LogP contribution in [0.15, 0.2) is 18.2 Å². The maximum Gasteiger partial charge on any atom is 0.407 e. The minimum absolute atomic E-state index is 0.0895. The molecule has 2 rings (SSSR count). The fourth-order valence-electron chi connectivity index (χ4n) is 2.91. The van der Waals surface area contributed by atoms with E-state index >= 15 is 0 Å². The molecule has 1 aromatic carbocycles. The molecular formula is C17H25Cl2N3O5S. The van der Waals surface area contributed by atoms with E-state index in [4.69, 9.17) is 27.9 Å². The Morgan fingerprint density at radius 3 is 2.39 bits per heavy atom. The lowest BCUT2D eigenvalue weighted by Gasteiger charge is -2.34. The zero-order valence-corrected chi connectivity index (χ0v) is 18.4. The minimum atomic E-state index is -3.86. The van der Waals surface area contributed by atoms with Gasteiger partial charge in [-0.3, -0.25) is 0 Å². The van der Waals surface area contributed by atoms with Gasteiger partial charge < -0.3 is 14.7 Å². The van der Waals surface area contributed by atoms with Crippen LogP contribution in [-0.2, 0) is 14.9 Å². The highest BCUT2D eigenvalue weighted by Crippen LogP contribution is 2.36. The molecule has 11 heteroatoms. The Morgan fingerprint density at radius 1 is 1.25 bits per heavy atom. The van der Waals surface area contributed by atoms with E-state index in [1.54, 1.807) is 18.2 Å². The summed E-state index contributed by atoms with van der Waals surface area (Å²) in [5, 5.41) is 10.2. The van der Waals surface area contributed by atoms with Gasteiger partial charge >= 0.3 is 6.09 Å². The van der Waals surface area contributed by atoms with Crippen molar-refractivity contribution in [1.29, 1.82) is 0 Å². The molecule has 1 amide bonds. The van der Waals surface area contributed by atoms with Crippen molar-refractivity contribution < 1.29 is 23.1 Å². The van der Waals surface area contributed by atoms with E-state index in [1.165, 1.54) is 7.05 Å². The second-order valence-corrected chi connectivity index (χ2v) is 10.2. The fourth-order valence-corrected chi connectivity index (χ4v) is 3.94. The standard InChI is InChI=1S/C17H25Cl2N3O5S/c1-17(2,3)14-9-22(16(23)24)8-13(21-28(25,26)20-4)15(27-14)10-5-6-11(18)12(19)7-10/h5-7,13-15,20-21H,8-9H2,1-4H3,(H,23,24)/t13-,14?,15+/m1/s1. The van der Waals surface area contributed by atoms with Crippen LogP contribution in [0.4, 0.5) is 4.79 Å². The fraction of sp³-hybridized carbons (Fsp3) is 0.588. The quantitative estimate of drug-likeness (QED) is 0.649. The summed E-state index contributed by atoms with van der Waals surface area (Å²) in [6.07, 6.45) is -2.40. The third-order valence-corrected chi connectivity index (χ3v) is 6.45. The summed E-state index contributed by atoms with van der Waals surface area (Å²) in [6, 6.07) is 4.01. The highest BCUT2D eigenvalue weighted by molar-refractivity contribution is 7.87. The van der Waals surface area contributed by atoms with Crippen molar-refractivity contribution in [3.05, 3.63) is 33.8 Å². The molecule has 1 fully saturated rings. The molecule has 1 unspecified atom stereocenters. The number of ether oxygens (including phenoxy) is 1. The van der Waals surface area contributed by atoms with E-state index in [0.717, 1.165) is 4.90 Å². The van der Waals surface area contributed by atoms with Gasteiger partial charge in [0.15, 0.2) is 0 Å². The van der Waals surface area contributed by atoms with Gasteiger partial charge in [0.1, 0.15) is 6.10 Å². The molecular weight excluding hydrogens is 429 g/mol. The van der Waals surface area contributed by atoms with E-state index in [9.17, 15) is 18.3 Å². The first-order valence-electron chi connectivity index (χ1n) is 8.63. The Balaban J connectivity index is 2.54. The number of halogens is 2. The molecule has 1 aliphatic rings. The van der Waals surface area contributed by atoms with Crippen LogP contribution in [0.25, 0.3) is 0 Å². The highest BCUT2D eigenvalue weighted by atomic mass is 35.5. The number of carboxylic acid groups (broad SMARTS) is 1. The average Bonchev–Trinajstić information content (AvgIpc) is 2.77. The van der Waals surface area contributed by atoms with E-state index < -0.39 is 34.6 Å². The molecule has 3 atom stereocenters. The van der Waals surface area contributed by atoms with E-state index in [0.29, 0.717) is 15.6 Å². The molecule has 1 heterocycles. The molecule has 0 aromatic heterocycles. The van der Waals surface area contributed by atoms with Crippen molar-refractivity contribution >= 4 is 39.5 Å². The van der Waals surface area contributed by atoms with Gasteiger partial charge in [-0.25, -0.2) is 9.52 Å². The van der Waals surface area contributed by atoms with Crippen LogP contribution in [0.1, 0.15) is 32.4 Å². The molecule has 0 bridgehead atoms. The molecule has 0 spiro atoms. The lowest BCUT2D eigenvalue weighted by Crippen LogP contribution is -2.49. The first-order valence-corrected chi connectivity index (χ1v) is 10.9. The summed E-state index contributed by atoms with van der Waals surface area (Å²) in [5.74, 6) is 0. The smallest absolute Gasteiger partial charge is 0.407 e. The molecule has 158 valence electrons. The van der Waals surface area contributed by atoms with Gasteiger partial charge in [0.25, 0.3) is 10.2 Å². The second kappa shape index (κ2) is 8.73. The molecule has 0 aliphatic carbocycles. The number of nitrogens with zero attached hydrogens (tertiary/aromatic N) is 1.